The van der Waals surface area contributed by atoms with Crippen LogP contribution in [0.15, 0.2) is 51.1 Å². The van der Waals surface area contributed by atoms with Gasteiger partial charge in [0.25, 0.3) is 0 Å². The van der Waals surface area contributed by atoms with Crippen LogP contribution in [0.2, 0.25) is 0 Å². The molecule has 0 saturated heterocycles. The number of unbranched alkanes of at least 4 members (excludes halogenated alkanes) is 5. The molecule has 4 aromatic rings. The molecule has 4 rings (SSSR count). The molecule has 11 nitrogen and oxygen atoms in total. The molecular weight excluding hydrogens is 641 g/mol. The molecule has 0 N–H and O–H groups in total. The van der Waals surface area contributed by atoms with E-state index in [1.54, 1.807) is 0 Å². The van der Waals surface area contributed by atoms with Gasteiger partial charge in [-0.05, 0) is 24.6 Å². The second-order valence-corrected chi connectivity index (χ2v) is 13.2. The Morgan fingerprint density at radius 3 is 1.45 bits per heavy atom. The van der Waals surface area contributed by atoms with Gasteiger partial charge in [-0.1, -0.05) is 57.2 Å². The molecule has 0 unspecified atom stereocenters. The molecule has 0 radical (unpaired) electrons. The first kappa shape index (κ1) is 40.1. The fraction of sp³-hybridized carbons (Fsp3) is 0.320. The molecule has 210 valence electrons. The topological polar surface area (TPSA) is 198 Å². The van der Waals surface area contributed by atoms with E-state index in [2.05, 4.69) is 6.92 Å². The van der Waals surface area contributed by atoms with E-state index in [4.69, 9.17) is 4.74 Å². The van der Waals surface area contributed by atoms with E-state index in [9.17, 15) is 43.7 Å². The summed E-state index contributed by atoms with van der Waals surface area (Å²) in [5.41, 5.74) is 0. The minimum Gasteiger partial charge on any atom is -0.744 e. The molecule has 0 atom stereocenters. The standard InChI is InChI=1S/C25H26O11S3.3Na/c1-2-3-4-5-6-7-8-23(26)36-19-13-20(37(27,28)29)16-11-12-18-22(39(33,34)35)14-21(38(30,31)32)17-10-9-15(19)24(16)25(17)18;;;/h9-14H,2-8H2,1H3,(H,27,28,29)(H,30,31,32)(H,33,34,35);;;/q;3*+1/p-3. The van der Waals surface area contributed by atoms with Crippen LogP contribution >= 0.6 is 0 Å². The zero-order valence-electron chi connectivity index (χ0n) is 23.6. The van der Waals surface area contributed by atoms with Crippen LogP contribution in [-0.2, 0) is 35.1 Å². The second-order valence-electron chi connectivity index (χ2n) is 9.17. The summed E-state index contributed by atoms with van der Waals surface area (Å²) < 4.78 is 114. The van der Waals surface area contributed by atoms with Gasteiger partial charge >= 0.3 is 94.6 Å². The van der Waals surface area contributed by atoms with E-state index in [0.29, 0.717) is 12.5 Å². The summed E-state index contributed by atoms with van der Waals surface area (Å²) in [6.07, 6.45) is 5.37. The number of benzene rings is 4. The zero-order valence-corrected chi connectivity index (χ0v) is 32.1. The zero-order chi connectivity index (χ0) is 28.8. The fourth-order valence-corrected chi connectivity index (χ4v) is 6.96. The van der Waals surface area contributed by atoms with Crippen molar-refractivity contribution in [3.05, 3.63) is 36.4 Å². The van der Waals surface area contributed by atoms with Crippen molar-refractivity contribution in [3.8, 4) is 5.75 Å². The van der Waals surface area contributed by atoms with Crippen molar-refractivity contribution in [2.75, 3.05) is 0 Å². The molecule has 0 heterocycles. The number of hydrogen-bond donors (Lipinski definition) is 0. The molecule has 42 heavy (non-hydrogen) atoms. The molecule has 0 saturated carbocycles. The van der Waals surface area contributed by atoms with Crippen LogP contribution in [0.4, 0.5) is 0 Å². The Bertz CT molecular complexity index is 1870. The van der Waals surface area contributed by atoms with E-state index in [-0.39, 0.29) is 133 Å². The molecule has 0 amide bonds. The van der Waals surface area contributed by atoms with Crippen molar-refractivity contribution in [1.29, 1.82) is 0 Å². The van der Waals surface area contributed by atoms with Crippen LogP contribution < -0.4 is 93.4 Å². The third-order valence-corrected chi connectivity index (χ3v) is 9.14. The number of carbonyl (C=O) groups excluding carboxylic acids is 1. The molecule has 0 aliphatic rings. The van der Waals surface area contributed by atoms with Gasteiger partial charge in [0.1, 0.15) is 36.1 Å². The van der Waals surface area contributed by atoms with Crippen LogP contribution in [0.25, 0.3) is 32.3 Å². The number of carbonyl (C=O) groups is 1. The van der Waals surface area contributed by atoms with Gasteiger partial charge < -0.3 is 18.4 Å². The van der Waals surface area contributed by atoms with Crippen molar-refractivity contribution >= 4 is 68.6 Å². The number of esters is 1. The first-order chi connectivity index (χ1) is 18.1. The van der Waals surface area contributed by atoms with Crippen molar-refractivity contribution in [2.24, 2.45) is 0 Å². The van der Waals surface area contributed by atoms with Crippen molar-refractivity contribution in [2.45, 2.75) is 66.6 Å². The Labute approximate surface area is 310 Å². The molecule has 17 heteroatoms. The Balaban J connectivity index is 0.00000294. The van der Waals surface area contributed by atoms with Gasteiger partial charge in [-0.25, -0.2) is 25.3 Å². The summed E-state index contributed by atoms with van der Waals surface area (Å²) in [5, 5.41) is -1.19. The second kappa shape index (κ2) is 15.6. The minimum atomic E-state index is -5.32. The van der Waals surface area contributed by atoms with Gasteiger partial charge in [0.2, 0.25) is 0 Å². The van der Waals surface area contributed by atoms with Gasteiger partial charge in [0.05, 0.1) is 14.7 Å². The van der Waals surface area contributed by atoms with Crippen LogP contribution in [0.3, 0.4) is 0 Å². The maximum Gasteiger partial charge on any atom is 1.00 e. The van der Waals surface area contributed by atoms with Gasteiger partial charge in [0, 0.05) is 38.7 Å². The van der Waals surface area contributed by atoms with Crippen LogP contribution in [0, 0.1) is 0 Å². The Morgan fingerprint density at radius 2 is 1.00 bits per heavy atom. The van der Waals surface area contributed by atoms with Crippen molar-refractivity contribution < 1.29 is 137 Å². The maximum atomic E-state index is 12.6. The molecule has 0 aliphatic heterocycles. The monoisotopic (exact) mass is 664 g/mol. The third-order valence-electron chi connectivity index (χ3n) is 6.51. The van der Waals surface area contributed by atoms with Crippen LogP contribution in [0.5, 0.6) is 5.75 Å². The van der Waals surface area contributed by atoms with Crippen LogP contribution in [0.1, 0.15) is 51.9 Å². The maximum absolute atomic E-state index is 12.6. The normalized spacial score (nSPS) is 12.1. The Morgan fingerprint density at radius 1 is 0.619 bits per heavy atom. The number of ether oxygens (including phenoxy) is 1. The largest absolute Gasteiger partial charge is 1.00 e. The van der Waals surface area contributed by atoms with E-state index >= 15 is 0 Å². The fourth-order valence-electron chi connectivity index (χ4n) is 4.79. The average Bonchev–Trinajstić information content (AvgIpc) is 2.82. The number of hydrogen-bond acceptors (Lipinski definition) is 11. The first-order valence-corrected chi connectivity index (χ1v) is 16.2. The average molecular weight is 665 g/mol. The van der Waals surface area contributed by atoms with E-state index < -0.39 is 51.0 Å². The first-order valence-electron chi connectivity index (χ1n) is 12.0. The molecular formula is C25H23Na3O11S3. The Hall–Kier alpha value is 0.120. The molecule has 0 fully saturated rings. The summed E-state index contributed by atoms with van der Waals surface area (Å²) in [6.45, 7) is 2.07. The molecule has 0 spiro atoms. The van der Waals surface area contributed by atoms with E-state index in [1.807, 2.05) is 0 Å². The smallest absolute Gasteiger partial charge is 0.744 e. The molecule has 4 aromatic carbocycles. The van der Waals surface area contributed by atoms with Crippen LogP contribution in [-0.4, -0.2) is 44.9 Å². The number of rotatable bonds is 11. The van der Waals surface area contributed by atoms with E-state index in [1.165, 1.54) is 6.07 Å². The van der Waals surface area contributed by atoms with Gasteiger partial charge in [-0.3, -0.25) is 4.79 Å². The molecule has 0 aliphatic carbocycles. The van der Waals surface area contributed by atoms with Gasteiger partial charge in [-0.15, -0.1) is 0 Å². The van der Waals surface area contributed by atoms with Gasteiger partial charge in [0.15, 0.2) is 0 Å². The quantitative estimate of drug-likeness (QED) is 0.0372. The minimum absolute atomic E-state index is 0. The van der Waals surface area contributed by atoms with Crippen molar-refractivity contribution in [3.63, 3.8) is 0 Å². The summed E-state index contributed by atoms with van der Waals surface area (Å²) >= 11 is 0. The summed E-state index contributed by atoms with van der Waals surface area (Å²) in [6, 6.07) is 5.90. The Kier molecular flexibility index (Phi) is 14.9. The summed E-state index contributed by atoms with van der Waals surface area (Å²) in [5.74, 6) is -1.04. The molecule has 0 bridgehead atoms. The SMILES string of the molecule is CCCCCCCCC(=O)Oc1cc(S(=O)(=O)[O-])c2ccc3c(S(=O)(=O)[O-])cc(S(=O)(=O)[O-])c4ccc1c2c43.[Na+].[Na+].[Na+]. The van der Waals surface area contributed by atoms with Gasteiger partial charge in [-0.2, -0.15) is 0 Å². The summed E-state index contributed by atoms with van der Waals surface area (Å²) in [4.78, 5) is 9.75. The predicted octanol–water partition coefficient (Wildman–Crippen LogP) is -5.04. The third kappa shape index (κ3) is 8.68. The molecule has 0 aromatic heterocycles. The predicted molar refractivity (Wildman–Crippen MR) is 138 cm³/mol. The van der Waals surface area contributed by atoms with Crippen molar-refractivity contribution in [1.82, 2.24) is 0 Å². The van der Waals surface area contributed by atoms with E-state index in [0.717, 1.165) is 56.4 Å². The summed E-state index contributed by atoms with van der Waals surface area (Å²) in [7, 11) is -15.8.